The molecule has 2 N–H and O–H groups in total. The molecular weight excluding hydrogens is 513 g/mol. The zero-order chi connectivity index (χ0) is 20.5. The van der Waals surface area contributed by atoms with Gasteiger partial charge in [-0.1, -0.05) is 25.3 Å². The second-order valence-corrected chi connectivity index (χ2v) is 9.30. The summed E-state index contributed by atoms with van der Waals surface area (Å²) in [6.45, 7) is 5.98. The van der Waals surface area contributed by atoms with Crippen LogP contribution in [0.2, 0.25) is 0 Å². The lowest BCUT2D eigenvalue weighted by molar-refractivity contribution is 0.196. The molecule has 2 aliphatic rings. The summed E-state index contributed by atoms with van der Waals surface area (Å²) < 4.78 is 11.4. The summed E-state index contributed by atoms with van der Waals surface area (Å²) in [7, 11) is 1.63. The van der Waals surface area contributed by atoms with Crippen LogP contribution in [0.25, 0.3) is 0 Å². The van der Waals surface area contributed by atoms with E-state index in [-0.39, 0.29) is 37.2 Å². The van der Waals surface area contributed by atoms with Gasteiger partial charge in [0.05, 0.1) is 20.3 Å². The number of nitrogens with one attached hydrogen (secondary N) is 1. The van der Waals surface area contributed by atoms with Gasteiger partial charge in [0.15, 0.2) is 17.5 Å². The average molecular weight is 550 g/mol. The Kier molecular flexibility index (Phi) is 10.9. The molecule has 3 rings (SSSR count). The van der Waals surface area contributed by atoms with Crippen molar-refractivity contribution in [1.29, 1.82) is 0 Å². The van der Waals surface area contributed by atoms with E-state index in [4.69, 9.17) is 19.6 Å². The van der Waals surface area contributed by atoms with Gasteiger partial charge in [0.1, 0.15) is 6.61 Å². The number of halogens is 1. The molecule has 1 saturated carbocycles. The fraction of sp³-hybridized carbons (Fsp3) is 0.682. The molecule has 1 aromatic carbocycles. The van der Waals surface area contributed by atoms with E-state index in [0.717, 1.165) is 31.2 Å². The van der Waals surface area contributed by atoms with Crippen molar-refractivity contribution < 1.29 is 14.6 Å². The lowest BCUT2D eigenvalue weighted by Crippen LogP contribution is -2.53. The Bertz CT molecular complexity index is 678. The van der Waals surface area contributed by atoms with E-state index in [1.54, 1.807) is 7.11 Å². The minimum atomic E-state index is -0.0170. The molecule has 0 amide bonds. The van der Waals surface area contributed by atoms with Crippen molar-refractivity contribution in [3.05, 3.63) is 23.8 Å². The molecule has 0 radical (unpaired) electrons. The van der Waals surface area contributed by atoms with Crippen molar-refractivity contribution in [2.24, 2.45) is 4.99 Å². The standard InChI is InChI=1S/C22H35N3O3S.HI/c1-3-23-21(25-11-14-29-22(17-25)9-5-4-6-10-22)24-16-18-7-8-19(28-13-12-26)20(15-18)27-2;/h7-8,15,26H,3-6,9-14,16-17H2,1-2H3,(H,23,24);1H. The van der Waals surface area contributed by atoms with Crippen LogP contribution in [0, 0.1) is 0 Å². The van der Waals surface area contributed by atoms with Crippen LogP contribution in [0.15, 0.2) is 23.2 Å². The van der Waals surface area contributed by atoms with Crippen LogP contribution in [-0.2, 0) is 6.54 Å². The van der Waals surface area contributed by atoms with Crippen molar-refractivity contribution in [2.75, 3.05) is 45.7 Å². The molecule has 0 atom stereocenters. The smallest absolute Gasteiger partial charge is 0.194 e. The molecule has 1 aliphatic carbocycles. The van der Waals surface area contributed by atoms with Gasteiger partial charge in [-0.15, -0.1) is 24.0 Å². The molecular formula is C22H36IN3O3S. The third-order valence-corrected chi connectivity index (χ3v) is 7.17. The van der Waals surface area contributed by atoms with Gasteiger partial charge in [-0.2, -0.15) is 11.8 Å². The first-order chi connectivity index (χ1) is 14.2. The number of aliphatic imine (C=N–C) groups is 1. The molecule has 170 valence electrons. The first-order valence-electron chi connectivity index (χ1n) is 10.8. The first kappa shape index (κ1) is 25.4. The molecule has 30 heavy (non-hydrogen) atoms. The van der Waals surface area contributed by atoms with E-state index in [9.17, 15) is 0 Å². The highest BCUT2D eigenvalue weighted by molar-refractivity contribution is 14.0. The second-order valence-electron chi connectivity index (χ2n) is 7.74. The Morgan fingerprint density at radius 3 is 2.77 bits per heavy atom. The van der Waals surface area contributed by atoms with Crippen molar-refractivity contribution in [1.82, 2.24) is 10.2 Å². The van der Waals surface area contributed by atoms with Crippen LogP contribution in [0.3, 0.4) is 0 Å². The average Bonchev–Trinajstić information content (AvgIpc) is 2.76. The van der Waals surface area contributed by atoms with Gasteiger partial charge < -0.3 is 24.8 Å². The van der Waals surface area contributed by atoms with Crippen molar-refractivity contribution >= 4 is 41.7 Å². The summed E-state index contributed by atoms with van der Waals surface area (Å²) in [6.07, 6.45) is 6.77. The maximum Gasteiger partial charge on any atom is 0.194 e. The third-order valence-electron chi connectivity index (χ3n) is 5.64. The highest BCUT2D eigenvalue weighted by Crippen LogP contribution is 2.42. The zero-order valence-electron chi connectivity index (χ0n) is 18.2. The molecule has 1 aromatic rings. The molecule has 1 aliphatic heterocycles. The van der Waals surface area contributed by atoms with Crippen LogP contribution < -0.4 is 14.8 Å². The van der Waals surface area contributed by atoms with E-state index in [1.807, 2.05) is 18.2 Å². The van der Waals surface area contributed by atoms with Gasteiger partial charge >= 0.3 is 0 Å². The number of nitrogens with zero attached hydrogens (tertiary/aromatic N) is 2. The molecule has 0 unspecified atom stereocenters. The number of hydrogen-bond acceptors (Lipinski definition) is 5. The normalized spacial score (nSPS) is 18.6. The summed E-state index contributed by atoms with van der Waals surface area (Å²) in [6, 6.07) is 5.87. The summed E-state index contributed by atoms with van der Waals surface area (Å²) in [5.41, 5.74) is 1.08. The van der Waals surface area contributed by atoms with E-state index in [1.165, 1.54) is 37.9 Å². The number of benzene rings is 1. The van der Waals surface area contributed by atoms with Gasteiger partial charge in [0, 0.05) is 30.1 Å². The minimum Gasteiger partial charge on any atom is -0.493 e. The van der Waals surface area contributed by atoms with Crippen LogP contribution in [-0.4, -0.2) is 66.4 Å². The largest absolute Gasteiger partial charge is 0.493 e. The molecule has 8 heteroatoms. The van der Waals surface area contributed by atoms with Crippen LogP contribution in [0.5, 0.6) is 11.5 Å². The lowest BCUT2D eigenvalue weighted by Gasteiger charge is -2.45. The van der Waals surface area contributed by atoms with Crippen LogP contribution >= 0.6 is 35.7 Å². The molecule has 6 nitrogen and oxygen atoms in total. The summed E-state index contributed by atoms with van der Waals surface area (Å²) in [5.74, 6) is 3.51. The fourth-order valence-corrected chi connectivity index (χ4v) is 5.77. The molecule has 1 spiro atoms. The number of aliphatic hydroxyl groups excluding tert-OH is 1. The Labute approximate surface area is 202 Å². The lowest BCUT2D eigenvalue weighted by atomic mass is 9.87. The fourth-order valence-electron chi connectivity index (χ4n) is 4.20. The van der Waals surface area contributed by atoms with E-state index in [0.29, 0.717) is 22.8 Å². The Morgan fingerprint density at radius 2 is 2.07 bits per heavy atom. The summed E-state index contributed by atoms with van der Waals surface area (Å²) in [4.78, 5) is 7.40. The van der Waals surface area contributed by atoms with Gasteiger partial charge in [-0.05, 0) is 37.5 Å². The van der Waals surface area contributed by atoms with E-state index < -0.39 is 0 Å². The topological polar surface area (TPSA) is 66.3 Å². The monoisotopic (exact) mass is 549 g/mol. The SMILES string of the molecule is CCNC(=NCc1ccc(OCCO)c(OC)c1)N1CCSC2(CCCCC2)C1.I. The highest BCUT2D eigenvalue weighted by atomic mass is 127. The molecule has 1 saturated heterocycles. The maximum atomic E-state index is 8.96. The van der Waals surface area contributed by atoms with Gasteiger partial charge in [-0.25, -0.2) is 4.99 Å². The number of hydrogen-bond donors (Lipinski definition) is 2. The molecule has 1 heterocycles. The third kappa shape index (κ3) is 6.82. The predicted molar refractivity (Wildman–Crippen MR) is 136 cm³/mol. The highest BCUT2D eigenvalue weighted by Gasteiger charge is 2.38. The number of thioether (sulfide) groups is 1. The Balaban J connectivity index is 0.00000320. The number of guanidine groups is 1. The summed E-state index contributed by atoms with van der Waals surface area (Å²) >= 11 is 2.18. The number of methoxy groups -OCH3 is 1. The number of ether oxygens (including phenoxy) is 2. The number of rotatable bonds is 7. The van der Waals surface area contributed by atoms with Gasteiger partial charge in [0.25, 0.3) is 0 Å². The zero-order valence-corrected chi connectivity index (χ0v) is 21.3. The van der Waals surface area contributed by atoms with Crippen molar-refractivity contribution in [3.63, 3.8) is 0 Å². The van der Waals surface area contributed by atoms with E-state index >= 15 is 0 Å². The molecule has 0 aromatic heterocycles. The molecule has 0 bridgehead atoms. The number of aliphatic hydroxyl groups is 1. The Morgan fingerprint density at radius 1 is 1.27 bits per heavy atom. The first-order valence-corrected chi connectivity index (χ1v) is 11.8. The van der Waals surface area contributed by atoms with Crippen LogP contribution in [0.4, 0.5) is 0 Å². The van der Waals surface area contributed by atoms with Gasteiger partial charge in [-0.3, -0.25) is 0 Å². The second kappa shape index (κ2) is 12.9. The van der Waals surface area contributed by atoms with E-state index in [2.05, 4.69) is 28.9 Å². The Hall–Kier alpha value is -0.870. The molecule has 2 fully saturated rings. The minimum absolute atomic E-state index is 0. The quantitative estimate of drug-likeness (QED) is 0.306. The van der Waals surface area contributed by atoms with Crippen molar-refractivity contribution in [2.45, 2.75) is 50.3 Å². The summed E-state index contributed by atoms with van der Waals surface area (Å²) in [5, 5.41) is 12.5. The van der Waals surface area contributed by atoms with Gasteiger partial charge in [0.2, 0.25) is 0 Å². The maximum absolute atomic E-state index is 8.96. The predicted octanol–water partition coefficient (Wildman–Crippen LogP) is 3.90. The van der Waals surface area contributed by atoms with Crippen LogP contribution in [0.1, 0.15) is 44.6 Å². The van der Waals surface area contributed by atoms with Crippen molar-refractivity contribution in [3.8, 4) is 11.5 Å².